The SMILES string of the molecule is C=C(C)C(=O)N(C(=O)C(=C)C)C(=O)C(=C)C.NCCNCCN. The monoisotopic (exact) mass is 324 g/mol. The molecule has 0 saturated heterocycles. The highest BCUT2D eigenvalue weighted by Gasteiger charge is 2.29. The Bertz CT molecular complexity index is 418. The van der Waals surface area contributed by atoms with Crippen LogP contribution in [0.3, 0.4) is 0 Å². The highest BCUT2D eigenvalue weighted by Crippen LogP contribution is 2.08. The summed E-state index contributed by atoms with van der Waals surface area (Å²) in [5.41, 5.74) is 10.6. The fraction of sp³-hybridized carbons (Fsp3) is 0.438. The van der Waals surface area contributed by atoms with E-state index in [9.17, 15) is 14.4 Å². The molecule has 5 N–H and O–H groups in total. The van der Waals surface area contributed by atoms with Gasteiger partial charge in [-0.15, -0.1) is 0 Å². The molecule has 0 saturated carbocycles. The second-order valence-electron chi connectivity index (χ2n) is 4.92. The largest absolute Gasteiger partial charge is 0.329 e. The van der Waals surface area contributed by atoms with Gasteiger partial charge in [-0.25, -0.2) is 4.90 Å². The zero-order chi connectivity index (χ0) is 18.6. The van der Waals surface area contributed by atoms with Crippen molar-refractivity contribution in [3.05, 3.63) is 36.5 Å². The number of nitrogens with two attached hydrogens (primary N) is 2. The molecule has 130 valence electrons. The lowest BCUT2D eigenvalue weighted by molar-refractivity contribution is -0.148. The Hall–Kier alpha value is -2.09. The molecule has 0 heterocycles. The molecule has 0 bridgehead atoms. The molecule has 0 aliphatic heterocycles. The number of hydrogen-bond donors (Lipinski definition) is 3. The number of carbonyl (C=O) groups excluding carboxylic acids is 3. The Morgan fingerprint density at radius 1 is 0.783 bits per heavy atom. The third-order valence-electron chi connectivity index (χ3n) is 2.35. The third kappa shape index (κ3) is 9.51. The molecule has 0 fully saturated rings. The minimum atomic E-state index is -0.735. The predicted octanol–water partition coefficient (Wildman–Crippen LogP) is 0.0899. The van der Waals surface area contributed by atoms with Gasteiger partial charge in [-0.05, 0) is 20.8 Å². The summed E-state index contributed by atoms with van der Waals surface area (Å²) in [6.07, 6.45) is 0. The Labute approximate surface area is 138 Å². The maximum atomic E-state index is 11.6. The van der Waals surface area contributed by atoms with Crippen LogP contribution in [0.2, 0.25) is 0 Å². The van der Waals surface area contributed by atoms with Crippen LogP contribution in [0.1, 0.15) is 20.8 Å². The number of carbonyl (C=O) groups is 3. The number of nitrogens with one attached hydrogen (secondary N) is 1. The zero-order valence-electron chi connectivity index (χ0n) is 14.3. The summed E-state index contributed by atoms with van der Waals surface area (Å²) < 4.78 is 0. The van der Waals surface area contributed by atoms with Crippen molar-refractivity contribution in [2.75, 3.05) is 26.2 Å². The van der Waals surface area contributed by atoms with Crippen molar-refractivity contribution in [3.8, 4) is 0 Å². The van der Waals surface area contributed by atoms with E-state index in [0.29, 0.717) is 18.0 Å². The van der Waals surface area contributed by atoms with Crippen LogP contribution in [0.5, 0.6) is 0 Å². The molecule has 0 radical (unpaired) electrons. The molecule has 3 amide bonds. The van der Waals surface area contributed by atoms with Crippen molar-refractivity contribution in [2.24, 2.45) is 11.5 Å². The van der Waals surface area contributed by atoms with Crippen LogP contribution >= 0.6 is 0 Å². The molecule has 0 aromatic heterocycles. The summed E-state index contributed by atoms with van der Waals surface area (Å²) >= 11 is 0. The molecule has 0 unspecified atom stereocenters. The van der Waals surface area contributed by atoms with Crippen molar-refractivity contribution >= 4 is 17.7 Å². The molecular formula is C16H28N4O3. The van der Waals surface area contributed by atoms with E-state index < -0.39 is 17.7 Å². The van der Waals surface area contributed by atoms with Gasteiger partial charge >= 0.3 is 0 Å². The molecule has 7 heteroatoms. The van der Waals surface area contributed by atoms with Gasteiger partial charge in [-0.2, -0.15) is 0 Å². The molecule has 0 aliphatic carbocycles. The lowest BCUT2D eigenvalue weighted by Gasteiger charge is -2.18. The van der Waals surface area contributed by atoms with E-state index >= 15 is 0 Å². The minimum absolute atomic E-state index is 0.101. The summed E-state index contributed by atoms with van der Waals surface area (Å²) in [5.74, 6) is -2.21. The van der Waals surface area contributed by atoms with Crippen LogP contribution in [-0.2, 0) is 14.4 Å². The highest BCUT2D eigenvalue weighted by atomic mass is 16.2. The van der Waals surface area contributed by atoms with Gasteiger partial charge in [0.1, 0.15) is 0 Å². The van der Waals surface area contributed by atoms with Crippen LogP contribution in [0, 0.1) is 0 Å². The lowest BCUT2D eigenvalue weighted by Crippen LogP contribution is -2.42. The molecule has 0 rings (SSSR count). The Morgan fingerprint density at radius 3 is 1.22 bits per heavy atom. The van der Waals surface area contributed by atoms with Crippen LogP contribution < -0.4 is 16.8 Å². The molecule has 0 aliphatic rings. The molecule has 23 heavy (non-hydrogen) atoms. The minimum Gasteiger partial charge on any atom is -0.329 e. The average Bonchev–Trinajstić information content (AvgIpc) is 2.47. The van der Waals surface area contributed by atoms with E-state index in [2.05, 4.69) is 25.1 Å². The fourth-order valence-corrected chi connectivity index (χ4v) is 1.18. The standard InChI is InChI=1S/C12H15NO3.C4H13N3/c1-7(2)10(14)13(11(15)8(3)4)12(16)9(5)6;5-1-3-7-4-2-6/h1,3,5H2,2,4,6H3;7H,1-6H2. The first-order valence-electron chi connectivity index (χ1n) is 7.12. The van der Waals surface area contributed by atoms with E-state index in [1.165, 1.54) is 20.8 Å². The summed E-state index contributed by atoms with van der Waals surface area (Å²) in [5, 5.41) is 3.03. The maximum Gasteiger partial charge on any atom is 0.262 e. The first-order valence-corrected chi connectivity index (χ1v) is 7.12. The predicted molar refractivity (Wildman–Crippen MR) is 92.3 cm³/mol. The van der Waals surface area contributed by atoms with Crippen molar-refractivity contribution in [2.45, 2.75) is 20.8 Å². The Morgan fingerprint density at radius 2 is 1.04 bits per heavy atom. The van der Waals surface area contributed by atoms with Crippen molar-refractivity contribution in [1.82, 2.24) is 10.2 Å². The number of imide groups is 3. The van der Waals surface area contributed by atoms with E-state index in [0.717, 1.165) is 13.1 Å². The van der Waals surface area contributed by atoms with Gasteiger partial charge in [0, 0.05) is 42.9 Å². The van der Waals surface area contributed by atoms with Crippen molar-refractivity contribution < 1.29 is 14.4 Å². The van der Waals surface area contributed by atoms with Gasteiger partial charge in [-0.3, -0.25) is 14.4 Å². The van der Waals surface area contributed by atoms with E-state index in [-0.39, 0.29) is 16.7 Å². The molecule has 0 spiro atoms. The summed E-state index contributed by atoms with van der Waals surface area (Å²) in [7, 11) is 0. The van der Waals surface area contributed by atoms with Crippen LogP contribution in [0.4, 0.5) is 0 Å². The Kier molecular flexibility index (Phi) is 12.6. The second kappa shape index (κ2) is 12.5. The average molecular weight is 324 g/mol. The first-order chi connectivity index (χ1) is 10.6. The van der Waals surface area contributed by atoms with Gasteiger partial charge < -0.3 is 16.8 Å². The number of amides is 3. The summed E-state index contributed by atoms with van der Waals surface area (Å²) in [6, 6.07) is 0. The van der Waals surface area contributed by atoms with Gasteiger partial charge in [0.15, 0.2) is 0 Å². The lowest BCUT2D eigenvalue weighted by atomic mass is 10.2. The topological polar surface area (TPSA) is 119 Å². The van der Waals surface area contributed by atoms with E-state index in [1.54, 1.807) is 0 Å². The number of hydrogen-bond acceptors (Lipinski definition) is 6. The maximum absolute atomic E-state index is 11.6. The molecule has 0 aromatic rings. The Balaban J connectivity index is 0. The zero-order valence-corrected chi connectivity index (χ0v) is 14.3. The molecule has 0 atom stereocenters. The van der Waals surface area contributed by atoms with Crippen molar-refractivity contribution in [3.63, 3.8) is 0 Å². The number of rotatable bonds is 7. The molecular weight excluding hydrogens is 296 g/mol. The number of nitrogens with zero attached hydrogens (tertiary/aromatic N) is 1. The second-order valence-corrected chi connectivity index (χ2v) is 4.92. The van der Waals surface area contributed by atoms with Crippen LogP contribution in [0.25, 0.3) is 0 Å². The van der Waals surface area contributed by atoms with Crippen LogP contribution in [0.15, 0.2) is 36.5 Å². The summed E-state index contributed by atoms with van der Waals surface area (Å²) in [6.45, 7) is 17.6. The van der Waals surface area contributed by atoms with Crippen LogP contribution in [-0.4, -0.2) is 48.8 Å². The van der Waals surface area contributed by atoms with Gasteiger partial charge in [0.2, 0.25) is 0 Å². The van der Waals surface area contributed by atoms with Gasteiger partial charge in [-0.1, -0.05) is 19.7 Å². The first kappa shape index (κ1) is 23.2. The fourth-order valence-electron chi connectivity index (χ4n) is 1.18. The normalized spacial score (nSPS) is 9.26. The van der Waals surface area contributed by atoms with E-state index in [1.807, 2.05) is 0 Å². The quantitative estimate of drug-likeness (QED) is 0.451. The van der Waals surface area contributed by atoms with Gasteiger partial charge in [0.05, 0.1) is 0 Å². The van der Waals surface area contributed by atoms with Crippen molar-refractivity contribution in [1.29, 1.82) is 0 Å². The highest BCUT2D eigenvalue weighted by molar-refractivity contribution is 6.22. The smallest absolute Gasteiger partial charge is 0.262 e. The molecule has 0 aromatic carbocycles. The third-order valence-corrected chi connectivity index (χ3v) is 2.35. The molecule has 7 nitrogen and oxygen atoms in total. The van der Waals surface area contributed by atoms with E-state index in [4.69, 9.17) is 11.5 Å². The summed E-state index contributed by atoms with van der Waals surface area (Å²) in [4.78, 5) is 35.4. The van der Waals surface area contributed by atoms with Gasteiger partial charge in [0.25, 0.3) is 17.7 Å².